The van der Waals surface area contributed by atoms with E-state index >= 15 is 0 Å². The number of ether oxygens (including phenoxy) is 9. The molecule has 7 amide bonds. The number of nitrogens with one attached hydrogen (secondary N) is 7. The van der Waals surface area contributed by atoms with Gasteiger partial charge in [-0.2, -0.15) is 0 Å². The summed E-state index contributed by atoms with van der Waals surface area (Å²) in [6.07, 6.45) is 31.9. The normalized spacial score (nSPS) is 20.2. The van der Waals surface area contributed by atoms with Crippen molar-refractivity contribution in [1.29, 1.82) is 0 Å². The van der Waals surface area contributed by atoms with E-state index in [-0.39, 0.29) is 128 Å². The molecule has 0 aliphatic heterocycles. The average Bonchev–Trinajstić information content (AvgIpc) is 0.897. The molecule has 0 heterocycles. The van der Waals surface area contributed by atoms with Crippen molar-refractivity contribution in [3.8, 4) is 46.1 Å². The van der Waals surface area contributed by atoms with Gasteiger partial charge in [-0.1, -0.05) is 179 Å². The van der Waals surface area contributed by atoms with E-state index in [9.17, 15) is 71.5 Å². The number of Topliss-reactive ketones (excluding diaryl/α,β-unsaturated/α-hetero) is 7. The first-order valence-electron chi connectivity index (χ1n) is 49.7. The molecule has 7 aromatic rings. The van der Waals surface area contributed by atoms with Crippen molar-refractivity contribution in [3.63, 3.8) is 0 Å². The Kier molecular flexibility index (Phi) is 44.0. The maximum atomic E-state index is 14.2. The van der Waals surface area contributed by atoms with Gasteiger partial charge in [-0.3, -0.25) is 33.6 Å². The SMILES string of the molecule is C#CCCOC(=O)N[C@H]1CCC1=O.CCCCC1CCC(OC(=O)N[C@H]2CCC2=O)CC1.CCCCOc1ccc(COC(=O)N[C@H]2CCC2=O)cc1.O=C(N[C@H]1CCC1=O)OCc1ccc(-c2ccccc2)c(F)c1.O=C(N[C@H]1CCC1=O)OCc1ccc(OC2CCCCC2)cc1.O=C(N[C@H]1CCC1=O)OCc1ccc2c(c1)CCCC2.O=C(N[C@H]1CCC1=O)OCc1cccc(-c2ccccc2)c1. The quantitative estimate of drug-likeness (QED) is 0.0121. The smallest absolute Gasteiger partial charge is 0.408 e. The minimum absolute atomic E-state index is 0.0141. The molecule has 0 spiro atoms. The van der Waals surface area contributed by atoms with Crippen molar-refractivity contribution >= 4 is 83.1 Å². The number of fused-ring (bicyclic) bond motifs is 1. The van der Waals surface area contributed by atoms with Gasteiger partial charge in [-0.05, 0) is 226 Å². The minimum Gasteiger partial charge on any atom is -0.494 e. The first-order valence-corrected chi connectivity index (χ1v) is 49.7. The van der Waals surface area contributed by atoms with E-state index in [0.717, 1.165) is 121 Å². The first kappa shape index (κ1) is 108. The van der Waals surface area contributed by atoms with Crippen LogP contribution in [-0.2, 0) is 113 Å². The highest BCUT2D eigenvalue weighted by Gasteiger charge is 2.36. The third-order valence-corrected chi connectivity index (χ3v) is 25.9. The van der Waals surface area contributed by atoms with Crippen LogP contribution in [0, 0.1) is 24.1 Å². The summed E-state index contributed by atoms with van der Waals surface area (Å²) in [7, 11) is 0. The van der Waals surface area contributed by atoms with Crippen LogP contribution in [0.2, 0.25) is 0 Å². The average molecular weight is 1940 g/mol. The Morgan fingerprint density at radius 1 is 0.333 bits per heavy atom. The topological polar surface area (TPSA) is 406 Å². The number of terminal acetylenes is 1. The second-order valence-corrected chi connectivity index (χ2v) is 36.5. The summed E-state index contributed by atoms with van der Waals surface area (Å²) in [5.41, 5.74) is 10.6. The molecular weight excluding hydrogens is 1810 g/mol. The molecule has 7 N–H and O–H groups in total. The Morgan fingerprint density at radius 3 is 1.13 bits per heavy atom. The molecule has 9 saturated carbocycles. The number of ketones is 7. The van der Waals surface area contributed by atoms with Crippen molar-refractivity contribution in [3.05, 3.63) is 215 Å². The number of aryl methyl sites for hydroxylation is 2. The second kappa shape index (κ2) is 57.7. The van der Waals surface area contributed by atoms with Crippen LogP contribution in [0.25, 0.3) is 22.3 Å². The Balaban J connectivity index is 0.000000158. The number of hydrogen-bond acceptors (Lipinski definition) is 23. The molecule has 0 aromatic heterocycles. The fraction of sp³-hybridized carbons (Fsp3) is 0.473. The van der Waals surface area contributed by atoms with Crippen molar-refractivity contribution in [2.24, 2.45) is 5.92 Å². The molecule has 10 aliphatic carbocycles. The van der Waals surface area contributed by atoms with Crippen LogP contribution in [0.1, 0.15) is 252 Å². The number of amides is 7. The van der Waals surface area contributed by atoms with E-state index < -0.39 is 48.7 Å². The van der Waals surface area contributed by atoms with Gasteiger partial charge >= 0.3 is 42.7 Å². The van der Waals surface area contributed by atoms with Crippen molar-refractivity contribution < 1.29 is 114 Å². The van der Waals surface area contributed by atoms with Crippen LogP contribution in [-0.4, -0.2) is 151 Å². The fourth-order valence-corrected chi connectivity index (χ4v) is 16.2. The van der Waals surface area contributed by atoms with Gasteiger partial charge < -0.3 is 79.8 Å². The highest BCUT2D eigenvalue weighted by atomic mass is 19.1. The molecule has 9 fully saturated rings. The van der Waals surface area contributed by atoms with E-state index in [1.165, 1.54) is 81.4 Å². The molecule has 141 heavy (non-hydrogen) atoms. The molecule has 31 heteroatoms. The molecule has 0 unspecified atom stereocenters. The lowest BCUT2D eigenvalue weighted by molar-refractivity contribution is -0.127. The zero-order valence-electron chi connectivity index (χ0n) is 80.6. The number of carbonyl (C=O) groups excluding carboxylic acids is 14. The number of alkyl carbamates (subject to hydrolysis) is 7. The van der Waals surface area contributed by atoms with Crippen LogP contribution >= 0.6 is 0 Å². The zero-order valence-corrected chi connectivity index (χ0v) is 80.6. The molecule has 17 rings (SSSR count). The molecule has 0 bridgehead atoms. The zero-order chi connectivity index (χ0) is 100. The van der Waals surface area contributed by atoms with Crippen LogP contribution in [0.15, 0.2) is 170 Å². The second-order valence-electron chi connectivity index (χ2n) is 36.5. The summed E-state index contributed by atoms with van der Waals surface area (Å²) < 4.78 is 61.4. The van der Waals surface area contributed by atoms with Crippen LogP contribution in [0.5, 0.6) is 11.5 Å². The van der Waals surface area contributed by atoms with E-state index in [1.54, 1.807) is 12.1 Å². The Labute approximate surface area is 823 Å². The summed E-state index contributed by atoms with van der Waals surface area (Å²) in [5, 5.41) is 17.9. The Bertz CT molecular complexity index is 5370. The summed E-state index contributed by atoms with van der Waals surface area (Å²) >= 11 is 0. The van der Waals surface area contributed by atoms with Gasteiger partial charge in [0.25, 0.3) is 0 Å². The third kappa shape index (κ3) is 37.1. The molecule has 0 saturated heterocycles. The Morgan fingerprint density at radius 2 is 0.716 bits per heavy atom. The number of halogens is 1. The molecule has 752 valence electrons. The molecule has 7 atom stereocenters. The molecule has 30 nitrogen and oxygen atoms in total. The van der Waals surface area contributed by atoms with Crippen LogP contribution in [0.4, 0.5) is 38.0 Å². The van der Waals surface area contributed by atoms with E-state index in [0.29, 0.717) is 107 Å². The van der Waals surface area contributed by atoms with Gasteiger partial charge in [0.1, 0.15) is 63.1 Å². The first-order chi connectivity index (χ1) is 68.4. The summed E-state index contributed by atoms with van der Waals surface area (Å²) in [6.45, 7) is 6.03. The predicted octanol–water partition coefficient (Wildman–Crippen LogP) is 19.1. The number of unbranched alkanes of at least 4 members (excludes halogenated alkanes) is 2. The maximum absolute atomic E-state index is 14.2. The highest BCUT2D eigenvalue weighted by Crippen LogP contribution is 2.33. The van der Waals surface area contributed by atoms with Crippen molar-refractivity contribution in [2.45, 2.75) is 313 Å². The monoisotopic (exact) mass is 1940 g/mol. The van der Waals surface area contributed by atoms with Crippen LogP contribution < -0.4 is 46.7 Å². The molecular formula is C110H132FN7O23. The van der Waals surface area contributed by atoms with Gasteiger partial charge in [-0.25, -0.2) is 38.0 Å². The van der Waals surface area contributed by atoms with E-state index in [2.05, 4.69) is 69.1 Å². The highest BCUT2D eigenvalue weighted by molar-refractivity contribution is 5.96. The number of benzene rings is 7. The lowest BCUT2D eigenvalue weighted by Gasteiger charge is -2.30. The third-order valence-electron chi connectivity index (χ3n) is 25.9. The van der Waals surface area contributed by atoms with E-state index in [1.807, 2.05) is 140 Å². The van der Waals surface area contributed by atoms with Gasteiger partial charge in [0, 0.05) is 56.9 Å². The van der Waals surface area contributed by atoms with Gasteiger partial charge in [0.05, 0.1) is 55.0 Å². The summed E-state index contributed by atoms with van der Waals surface area (Å²) in [6, 6.07) is 50.8. The maximum Gasteiger partial charge on any atom is 0.408 e. The molecule has 7 aromatic carbocycles. The summed E-state index contributed by atoms with van der Waals surface area (Å²) in [5.74, 6) is 4.98. The molecule has 0 radical (unpaired) electrons. The number of hydrogen-bond donors (Lipinski definition) is 7. The van der Waals surface area contributed by atoms with Crippen molar-refractivity contribution in [1.82, 2.24) is 37.2 Å². The standard InChI is InChI=1S/C18H16FNO3.C18H23NO4.C18H17NO3.C16H21NO4.C16H19NO3.C15H25NO3.C9H11NO3/c19-15-10-12(6-7-14(15)13-4-2-1-3-5-13)11-23-18(22)20-16-8-9-17(16)21;20-17-11-10-16(17)19-18(21)22-12-13-6-8-15(9-7-13)23-14-4-2-1-3-5-14;20-17-10-9-16(17)19-18(21)22-12-13-5-4-8-15(11-13)14-6-2-1-3-7-14;1-2-3-10-20-13-6-4-12(5-7-13)11-21-16(19)17-14-8-9-15(14)18;18-15-8-7-14(15)17-16(19)20-10-11-5-6-12-3-1-2-4-13(12)9-11;1-2-3-4-11-5-7-12(8-6-11)19-15(18)16-13-9-10-14(13)17;1-2-3-6-13-9(12)10-7-4-5-8(7)11/h1-7,10,16H,8-9,11H2,(H,20,22);6-9,14,16H,1-5,10-12H2,(H,19,21);1-8,11,16H,9-10,12H2,(H,19,21);4-7,14H,2-3,8-11H2,1H3,(H,17,19);5-6,9,14H,1-4,7-8,10H2,(H,17,19);11-13H,2-10H2,1H3,(H,16,18);1,7H,3-6H2,(H,10,12)/t3*16-;2*14-;11?,12?,13-;7-/m0000000/s1. The van der Waals surface area contributed by atoms with E-state index in [4.69, 9.17) is 49.1 Å². The van der Waals surface area contributed by atoms with Crippen molar-refractivity contribution in [2.75, 3.05) is 13.2 Å². The minimum atomic E-state index is -0.657. The van der Waals surface area contributed by atoms with Gasteiger partial charge in [-0.15, -0.1) is 12.3 Å². The predicted molar refractivity (Wildman–Crippen MR) is 523 cm³/mol. The molecule has 10 aliphatic rings. The fourth-order valence-electron chi connectivity index (χ4n) is 16.2. The lowest BCUT2D eigenvalue weighted by atomic mass is 9.84. The van der Waals surface area contributed by atoms with Gasteiger partial charge in [0.15, 0.2) is 40.5 Å². The van der Waals surface area contributed by atoms with Crippen LogP contribution in [0.3, 0.4) is 0 Å². The lowest BCUT2D eigenvalue weighted by Crippen LogP contribution is -2.48. The Hall–Kier alpha value is -13.8. The van der Waals surface area contributed by atoms with Gasteiger partial charge in [0.2, 0.25) is 0 Å². The summed E-state index contributed by atoms with van der Waals surface area (Å²) in [4.78, 5) is 158. The largest absolute Gasteiger partial charge is 0.494 e. The number of rotatable bonds is 31. The number of carbonyl (C=O) groups is 14.